The Morgan fingerprint density at radius 1 is 1.00 bits per heavy atom. The van der Waals surface area contributed by atoms with Crippen molar-refractivity contribution in [2.75, 3.05) is 14.2 Å². The van der Waals surface area contributed by atoms with Crippen molar-refractivity contribution in [3.8, 4) is 23.0 Å². The number of nitrogens with one attached hydrogen (secondary N) is 1. The molecule has 0 amide bonds. The van der Waals surface area contributed by atoms with Gasteiger partial charge in [0.1, 0.15) is 17.0 Å². The van der Waals surface area contributed by atoms with Crippen molar-refractivity contribution in [3.63, 3.8) is 0 Å². The zero-order valence-electron chi connectivity index (χ0n) is 13.1. The van der Waals surface area contributed by atoms with Crippen molar-refractivity contribution in [3.05, 3.63) is 53.0 Å². The molecule has 4 rings (SSSR count). The molecule has 0 radical (unpaired) electrons. The summed E-state index contributed by atoms with van der Waals surface area (Å²) in [4.78, 5) is 20.0. The SMILES string of the molecule is COc1cccc2c(=O)oc(-c3c[nH]c4c(OC)cccc34)nc12. The highest BCUT2D eigenvalue weighted by Gasteiger charge is 2.16. The number of aromatic amines is 1. The monoisotopic (exact) mass is 322 g/mol. The van der Waals surface area contributed by atoms with E-state index in [2.05, 4.69) is 9.97 Å². The smallest absolute Gasteiger partial charge is 0.347 e. The Morgan fingerprint density at radius 2 is 1.71 bits per heavy atom. The fourth-order valence-electron chi connectivity index (χ4n) is 2.82. The van der Waals surface area contributed by atoms with Gasteiger partial charge in [-0.2, -0.15) is 0 Å². The van der Waals surface area contributed by atoms with Gasteiger partial charge in [0, 0.05) is 11.6 Å². The molecule has 0 aliphatic heterocycles. The van der Waals surface area contributed by atoms with Gasteiger partial charge in [0.15, 0.2) is 0 Å². The Hall–Kier alpha value is -3.28. The third kappa shape index (κ3) is 2.04. The van der Waals surface area contributed by atoms with E-state index in [4.69, 9.17) is 13.9 Å². The van der Waals surface area contributed by atoms with Crippen LogP contribution < -0.4 is 15.1 Å². The van der Waals surface area contributed by atoms with E-state index in [0.717, 1.165) is 10.9 Å². The van der Waals surface area contributed by atoms with Gasteiger partial charge >= 0.3 is 5.63 Å². The second-order valence-corrected chi connectivity index (χ2v) is 5.25. The first kappa shape index (κ1) is 14.3. The highest BCUT2D eigenvalue weighted by atomic mass is 16.5. The third-order valence-electron chi connectivity index (χ3n) is 3.97. The number of methoxy groups -OCH3 is 2. The van der Waals surface area contributed by atoms with Gasteiger partial charge in [-0.1, -0.05) is 18.2 Å². The van der Waals surface area contributed by atoms with Gasteiger partial charge in [-0.3, -0.25) is 0 Å². The summed E-state index contributed by atoms with van der Waals surface area (Å²) in [6, 6.07) is 10.8. The van der Waals surface area contributed by atoms with Gasteiger partial charge in [0.25, 0.3) is 0 Å². The van der Waals surface area contributed by atoms with E-state index in [1.807, 2.05) is 18.2 Å². The molecule has 0 aliphatic rings. The first-order chi connectivity index (χ1) is 11.7. The molecule has 0 bridgehead atoms. The molecule has 0 atom stereocenters. The molecule has 0 unspecified atom stereocenters. The first-order valence-corrected chi connectivity index (χ1v) is 7.35. The predicted molar refractivity (Wildman–Crippen MR) is 90.7 cm³/mol. The van der Waals surface area contributed by atoms with Crippen LogP contribution in [-0.2, 0) is 0 Å². The number of fused-ring (bicyclic) bond motifs is 2. The minimum absolute atomic E-state index is 0.233. The van der Waals surface area contributed by atoms with Gasteiger partial charge in [-0.05, 0) is 18.2 Å². The van der Waals surface area contributed by atoms with Crippen molar-refractivity contribution in [2.24, 2.45) is 0 Å². The van der Waals surface area contributed by atoms with Crippen molar-refractivity contribution in [1.29, 1.82) is 0 Å². The van der Waals surface area contributed by atoms with Crippen LogP contribution in [-0.4, -0.2) is 24.2 Å². The normalized spacial score (nSPS) is 11.1. The highest BCUT2D eigenvalue weighted by Crippen LogP contribution is 2.33. The van der Waals surface area contributed by atoms with Crippen LogP contribution in [0.2, 0.25) is 0 Å². The fraction of sp³-hybridized carbons (Fsp3) is 0.111. The lowest BCUT2D eigenvalue weighted by Crippen LogP contribution is -2.03. The van der Waals surface area contributed by atoms with E-state index in [-0.39, 0.29) is 5.89 Å². The minimum Gasteiger partial charge on any atom is -0.495 e. The van der Waals surface area contributed by atoms with Gasteiger partial charge < -0.3 is 18.9 Å². The Bertz CT molecular complexity index is 1110. The number of H-pyrrole nitrogens is 1. The van der Waals surface area contributed by atoms with E-state index >= 15 is 0 Å². The Morgan fingerprint density at radius 3 is 2.46 bits per heavy atom. The largest absolute Gasteiger partial charge is 0.495 e. The maximum absolute atomic E-state index is 12.3. The first-order valence-electron chi connectivity index (χ1n) is 7.35. The lowest BCUT2D eigenvalue weighted by atomic mass is 10.1. The summed E-state index contributed by atoms with van der Waals surface area (Å²) in [5, 5.41) is 1.25. The van der Waals surface area contributed by atoms with Crippen LogP contribution in [0.4, 0.5) is 0 Å². The summed E-state index contributed by atoms with van der Waals surface area (Å²) < 4.78 is 16.1. The van der Waals surface area contributed by atoms with E-state index in [1.54, 1.807) is 38.6 Å². The maximum Gasteiger partial charge on any atom is 0.347 e. The Kier molecular flexibility index (Phi) is 3.23. The van der Waals surface area contributed by atoms with Crippen molar-refractivity contribution >= 4 is 21.8 Å². The number of rotatable bonds is 3. The number of nitrogens with zero attached hydrogens (tertiary/aromatic N) is 1. The second kappa shape index (κ2) is 5.42. The molecule has 120 valence electrons. The molecule has 1 N–H and O–H groups in total. The average molecular weight is 322 g/mol. The van der Waals surface area contributed by atoms with Crippen LogP contribution >= 0.6 is 0 Å². The minimum atomic E-state index is -0.453. The van der Waals surface area contributed by atoms with Crippen molar-refractivity contribution in [1.82, 2.24) is 9.97 Å². The number of aromatic nitrogens is 2. The summed E-state index contributed by atoms with van der Waals surface area (Å²) in [7, 11) is 3.15. The third-order valence-corrected chi connectivity index (χ3v) is 3.97. The lowest BCUT2D eigenvalue weighted by Gasteiger charge is -2.05. The molecule has 2 aromatic carbocycles. The van der Waals surface area contributed by atoms with Gasteiger partial charge in [0.05, 0.1) is 30.7 Å². The van der Waals surface area contributed by atoms with E-state index < -0.39 is 5.63 Å². The zero-order valence-corrected chi connectivity index (χ0v) is 13.1. The molecule has 6 heteroatoms. The summed E-state index contributed by atoms with van der Waals surface area (Å²) in [6.07, 6.45) is 1.75. The standard InChI is InChI=1S/C18H14N2O4/c1-22-13-7-3-5-10-12(9-19-15(10)13)17-20-16-11(18(21)24-17)6-4-8-14(16)23-2/h3-9,19H,1-2H3. The van der Waals surface area contributed by atoms with Gasteiger partial charge in [0.2, 0.25) is 5.89 Å². The number of ether oxygens (including phenoxy) is 2. The maximum atomic E-state index is 12.3. The molecule has 24 heavy (non-hydrogen) atoms. The molecule has 0 spiro atoms. The molecule has 2 heterocycles. The average Bonchev–Trinajstić information content (AvgIpc) is 3.05. The highest BCUT2D eigenvalue weighted by molar-refractivity contribution is 5.97. The number of para-hydroxylation sites is 2. The van der Waals surface area contributed by atoms with Crippen molar-refractivity contribution in [2.45, 2.75) is 0 Å². The second-order valence-electron chi connectivity index (χ2n) is 5.25. The number of benzene rings is 2. The predicted octanol–water partition coefficient (Wildman–Crippen LogP) is 3.35. The molecule has 0 fully saturated rings. The Balaban J connectivity index is 2.02. The molecule has 0 saturated carbocycles. The van der Waals surface area contributed by atoms with E-state index in [1.165, 1.54) is 0 Å². The molecule has 6 nitrogen and oxygen atoms in total. The summed E-state index contributed by atoms with van der Waals surface area (Å²) in [5.41, 5.74) is 1.53. The number of hydrogen-bond acceptors (Lipinski definition) is 5. The van der Waals surface area contributed by atoms with Crippen molar-refractivity contribution < 1.29 is 13.9 Å². The van der Waals surface area contributed by atoms with Crippen LogP contribution in [0.25, 0.3) is 33.3 Å². The molecule has 2 aromatic heterocycles. The van der Waals surface area contributed by atoms with Crippen LogP contribution in [0.15, 0.2) is 51.8 Å². The zero-order chi connectivity index (χ0) is 16.7. The fourth-order valence-corrected chi connectivity index (χ4v) is 2.82. The van der Waals surface area contributed by atoms with Crippen LogP contribution in [0.5, 0.6) is 11.5 Å². The van der Waals surface area contributed by atoms with Crippen LogP contribution in [0, 0.1) is 0 Å². The van der Waals surface area contributed by atoms with Gasteiger partial charge in [-0.25, -0.2) is 9.78 Å². The van der Waals surface area contributed by atoms with Crippen LogP contribution in [0.3, 0.4) is 0 Å². The quantitative estimate of drug-likeness (QED) is 0.626. The molecular weight excluding hydrogens is 308 g/mol. The van der Waals surface area contributed by atoms with E-state index in [9.17, 15) is 4.79 Å². The van der Waals surface area contributed by atoms with E-state index in [0.29, 0.717) is 28.0 Å². The summed E-state index contributed by atoms with van der Waals surface area (Å²) in [5.74, 6) is 1.47. The molecule has 0 saturated heterocycles. The summed E-state index contributed by atoms with van der Waals surface area (Å²) in [6.45, 7) is 0. The summed E-state index contributed by atoms with van der Waals surface area (Å²) >= 11 is 0. The molecule has 4 aromatic rings. The topological polar surface area (TPSA) is 77.3 Å². The number of hydrogen-bond donors (Lipinski definition) is 1. The molecular formula is C18H14N2O4. The van der Waals surface area contributed by atoms with Crippen LogP contribution in [0.1, 0.15) is 0 Å². The molecule has 0 aliphatic carbocycles. The Labute approximate surface area is 136 Å². The lowest BCUT2D eigenvalue weighted by molar-refractivity contribution is 0.417. The van der Waals surface area contributed by atoms with Gasteiger partial charge in [-0.15, -0.1) is 0 Å².